The predicted octanol–water partition coefficient (Wildman–Crippen LogP) is 2.29. The Morgan fingerprint density at radius 3 is 3.00 bits per heavy atom. The molecule has 56 valence electrons. The minimum atomic E-state index is 0.785. The van der Waals surface area contributed by atoms with Crippen LogP contribution in [0.5, 0.6) is 0 Å². The van der Waals surface area contributed by atoms with Crippen molar-refractivity contribution in [1.29, 1.82) is 0 Å². The van der Waals surface area contributed by atoms with E-state index in [4.69, 9.17) is 0 Å². The molecule has 0 aromatic rings. The lowest BCUT2D eigenvalue weighted by Gasteiger charge is -1.85. The molecule has 1 nitrogen and oxygen atoms in total. The smallest absolute Gasteiger partial charge is 0.0563 e. The first-order valence-corrected chi connectivity index (χ1v) is 3.97. The quantitative estimate of drug-likeness (QED) is 0.416. The summed E-state index contributed by atoms with van der Waals surface area (Å²) in [6.07, 6.45) is 7.12. The molecule has 1 aliphatic rings. The molecule has 0 aromatic heterocycles. The zero-order chi connectivity index (χ0) is 7.40. The zero-order valence-electron chi connectivity index (χ0n) is 6.59. The van der Waals surface area contributed by atoms with Crippen molar-refractivity contribution in [2.24, 2.45) is 16.8 Å². The first kappa shape index (κ1) is 7.52. The van der Waals surface area contributed by atoms with Gasteiger partial charge in [-0.1, -0.05) is 25.5 Å². The van der Waals surface area contributed by atoms with Crippen molar-refractivity contribution in [2.45, 2.75) is 19.8 Å². The second-order valence-corrected chi connectivity index (χ2v) is 2.90. The van der Waals surface area contributed by atoms with E-state index in [9.17, 15) is 0 Å². The maximum atomic E-state index is 3.75. The summed E-state index contributed by atoms with van der Waals surface area (Å²) in [5.74, 6) is 1.84. The van der Waals surface area contributed by atoms with Gasteiger partial charge in [-0.2, -0.15) is 0 Å². The van der Waals surface area contributed by atoms with Crippen LogP contribution in [0.4, 0.5) is 0 Å². The Morgan fingerprint density at radius 2 is 2.50 bits per heavy atom. The molecule has 0 bridgehead atoms. The van der Waals surface area contributed by atoms with Crippen molar-refractivity contribution < 1.29 is 0 Å². The highest BCUT2D eigenvalue weighted by atomic mass is 14.6. The van der Waals surface area contributed by atoms with E-state index in [1.165, 1.54) is 12.8 Å². The average molecular weight is 137 g/mol. The molecule has 0 spiro atoms. The van der Waals surface area contributed by atoms with Crippen LogP contribution < -0.4 is 0 Å². The molecule has 1 saturated carbocycles. The number of nitrogens with zero attached hydrogens (tertiary/aromatic N) is 1. The standard InChI is InChI=1S/C9H15N/c1-3-8-7-9(8)5-4-6-10-2/h4-5,8-9H,2-3,6-7H2,1H3. The zero-order valence-corrected chi connectivity index (χ0v) is 6.59. The maximum Gasteiger partial charge on any atom is 0.0563 e. The fourth-order valence-electron chi connectivity index (χ4n) is 1.29. The third kappa shape index (κ3) is 1.98. The van der Waals surface area contributed by atoms with Gasteiger partial charge in [-0.15, -0.1) is 0 Å². The summed E-state index contributed by atoms with van der Waals surface area (Å²) in [6, 6.07) is 0. The lowest BCUT2D eigenvalue weighted by molar-refractivity contribution is 0.754. The largest absolute Gasteiger partial charge is 0.297 e. The Morgan fingerprint density at radius 1 is 1.70 bits per heavy atom. The molecule has 1 fully saturated rings. The van der Waals surface area contributed by atoms with Gasteiger partial charge in [0.1, 0.15) is 0 Å². The molecule has 2 atom stereocenters. The van der Waals surface area contributed by atoms with E-state index >= 15 is 0 Å². The van der Waals surface area contributed by atoms with E-state index in [2.05, 4.69) is 30.8 Å². The minimum absolute atomic E-state index is 0.785. The van der Waals surface area contributed by atoms with Gasteiger partial charge in [-0.05, 0) is 25.0 Å². The first-order chi connectivity index (χ1) is 4.88. The number of allylic oxidation sites excluding steroid dienone is 1. The van der Waals surface area contributed by atoms with Crippen molar-refractivity contribution in [3.8, 4) is 0 Å². The van der Waals surface area contributed by atoms with Crippen LogP contribution in [-0.4, -0.2) is 13.3 Å². The minimum Gasteiger partial charge on any atom is -0.297 e. The van der Waals surface area contributed by atoms with Gasteiger partial charge in [-0.25, -0.2) is 0 Å². The first-order valence-electron chi connectivity index (χ1n) is 3.97. The molecule has 1 rings (SSSR count). The van der Waals surface area contributed by atoms with Crippen LogP contribution >= 0.6 is 0 Å². The summed E-state index contributed by atoms with van der Waals surface area (Å²) in [5, 5.41) is 0. The van der Waals surface area contributed by atoms with E-state index in [1.54, 1.807) is 0 Å². The Hall–Kier alpha value is -0.590. The van der Waals surface area contributed by atoms with Crippen molar-refractivity contribution in [1.82, 2.24) is 0 Å². The Kier molecular flexibility index (Phi) is 2.67. The molecule has 0 aliphatic heterocycles. The molecular formula is C9H15N. The van der Waals surface area contributed by atoms with E-state index in [-0.39, 0.29) is 0 Å². The molecule has 0 saturated heterocycles. The summed E-state index contributed by atoms with van der Waals surface area (Å²) < 4.78 is 0. The normalized spacial score (nSPS) is 30.9. The highest BCUT2D eigenvalue weighted by Crippen LogP contribution is 2.41. The molecule has 0 amide bonds. The second-order valence-electron chi connectivity index (χ2n) is 2.90. The monoisotopic (exact) mass is 137 g/mol. The van der Waals surface area contributed by atoms with Crippen LogP contribution in [0.2, 0.25) is 0 Å². The van der Waals surface area contributed by atoms with Crippen LogP contribution in [0.3, 0.4) is 0 Å². The number of aliphatic imine (C=N–C) groups is 1. The molecule has 0 radical (unpaired) electrons. The lowest BCUT2D eigenvalue weighted by Crippen LogP contribution is -1.75. The summed E-state index contributed by atoms with van der Waals surface area (Å²) in [6.45, 7) is 6.45. The van der Waals surface area contributed by atoms with Crippen LogP contribution in [0.25, 0.3) is 0 Å². The Balaban J connectivity index is 2.10. The van der Waals surface area contributed by atoms with Crippen LogP contribution in [-0.2, 0) is 0 Å². The topological polar surface area (TPSA) is 12.4 Å². The van der Waals surface area contributed by atoms with Gasteiger partial charge in [0, 0.05) is 0 Å². The van der Waals surface area contributed by atoms with Crippen LogP contribution in [0.15, 0.2) is 17.1 Å². The molecule has 1 aliphatic carbocycles. The summed E-state index contributed by atoms with van der Waals surface area (Å²) in [7, 11) is 0. The van der Waals surface area contributed by atoms with Gasteiger partial charge in [-0.3, -0.25) is 4.99 Å². The second kappa shape index (κ2) is 3.55. The molecule has 0 aromatic carbocycles. The van der Waals surface area contributed by atoms with Crippen molar-refractivity contribution in [2.75, 3.05) is 6.54 Å². The molecule has 1 heteroatoms. The third-order valence-electron chi connectivity index (χ3n) is 2.12. The Bertz CT molecular complexity index is 138. The third-order valence-corrected chi connectivity index (χ3v) is 2.12. The highest BCUT2D eigenvalue weighted by Gasteiger charge is 2.32. The lowest BCUT2D eigenvalue weighted by atomic mass is 10.2. The van der Waals surface area contributed by atoms with Gasteiger partial charge in [0.2, 0.25) is 0 Å². The number of hydrogen-bond acceptors (Lipinski definition) is 1. The van der Waals surface area contributed by atoms with E-state index < -0.39 is 0 Å². The van der Waals surface area contributed by atoms with E-state index in [1.807, 2.05) is 0 Å². The molecule has 0 heterocycles. The maximum absolute atomic E-state index is 3.75. The number of hydrogen-bond donors (Lipinski definition) is 0. The average Bonchev–Trinajstić information content (AvgIpc) is 2.68. The SMILES string of the molecule is C=NCC=CC1CC1CC. The van der Waals surface area contributed by atoms with E-state index in [0.717, 1.165) is 18.4 Å². The van der Waals surface area contributed by atoms with E-state index in [0.29, 0.717) is 0 Å². The summed E-state index contributed by atoms with van der Waals surface area (Å²) in [5.41, 5.74) is 0. The molecule has 10 heavy (non-hydrogen) atoms. The summed E-state index contributed by atoms with van der Waals surface area (Å²) >= 11 is 0. The molecular weight excluding hydrogens is 122 g/mol. The van der Waals surface area contributed by atoms with Gasteiger partial charge >= 0.3 is 0 Å². The fraction of sp³-hybridized carbons (Fsp3) is 0.667. The van der Waals surface area contributed by atoms with Gasteiger partial charge in [0.05, 0.1) is 6.54 Å². The summed E-state index contributed by atoms with van der Waals surface area (Å²) in [4.78, 5) is 3.75. The van der Waals surface area contributed by atoms with Crippen LogP contribution in [0.1, 0.15) is 19.8 Å². The molecule has 2 unspecified atom stereocenters. The Labute approximate surface area is 62.9 Å². The van der Waals surface area contributed by atoms with Gasteiger partial charge in [0.15, 0.2) is 0 Å². The van der Waals surface area contributed by atoms with Crippen molar-refractivity contribution in [3.63, 3.8) is 0 Å². The predicted molar refractivity (Wildman–Crippen MR) is 45.4 cm³/mol. The van der Waals surface area contributed by atoms with Gasteiger partial charge in [0.25, 0.3) is 0 Å². The van der Waals surface area contributed by atoms with Gasteiger partial charge < -0.3 is 0 Å². The molecule has 0 N–H and O–H groups in total. The highest BCUT2D eigenvalue weighted by molar-refractivity contribution is 5.23. The van der Waals surface area contributed by atoms with Crippen molar-refractivity contribution in [3.05, 3.63) is 12.2 Å². The van der Waals surface area contributed by atoms with Crippen LogP contribution in [0, 0.1) is 11.8 Å². The fourth-order valence-corrected chi connectivity index (χ4v) is 1.29. The number of rotatable bonds is 4. The van der Waals surface area contributed by atoms with Crippen molar-refractivity contribution >= 4 is 6.72 Å².